The SMILES string of the molecule is [2H]c1c([2H])c(-c2ccccc2)c([2H])c(-n2c3ccc(-n4c5c([2H])c([2H])c([2H])c([2H])c5c5c([2H])c([2H])c([2H])c([2H])c54)cc3c3cc(-n4c5c([2H])c([2H])c([2H])c([2H])c5c5c([2H])c([2H])c([2H])c([2H])c54)ccc32)c1[2H]. The van der Waals surface area contributed by atoms with Gasteiger partial charge in [0.2, 0.25) is 0 Å². The fourth-order valence-corrected chi connectivity index (χ4v) is 7.07. The molecule has 3 heterocycles. The number of fused-ring (bicyclic) bond motifs is 9. The van der Waals surface area contributed by atoms with Crippen molar-refractivity contribution in [1.82, 2.24) is 13.7 Å². The minimum absolute atomic E-state index is 0.0620. The van der Waals surface area contributed by atoms with Crippen molar-refractivity contribution in [2.75, 3.05) is 0 Å². The third-order valence-electron chi connectivity index (χ3n) is 9.21. The van der Waals surface area contributed by atoms with E-state index in [1.165, 1.54) is 21.3 Å². The molecule has 0 radical (unpaired) electrons. The van der Waals surface area contributed by atoms with E-state index in [9.17, 15) is 2.74 Å². The van der Waals surface area contributed by atoms with E-state index in [1.807, 2.05) is 0 Å². The molecule has 51 heavy (non-hydrogen) atoms. The Labute approximate surface area is 322 Å². The molecule has 0 aliphatic heterocycles. The number of hydrogen-bond donors (Lipinski definition) is 0. The lowest BCUT2D eigenvalue weighted by atomic mass is 10.1. The quantitative estimate of drug-likeness (QED) is 0.177. The standard InChI is InChI=1S/C48H31N3/c1-2-13-32(14-3-1)33-15-12-16-34(29-33)49-47-27-25-35(50-43-21-8-4-17-37(43)38-18-5-9-22-44(38)50)30-41(47)42-31-36(26-28-48(42)49)51-45-23-10-6-19-39(45)40-20-7-11-24-46(40)51/h1-31H/i4D,5D,6D,7D,8D,9D,10D,11D,12D,15D,16D,17D,18D,19D,20D,21D,22D,23D,24D,29D. The average molecular weight is 670 g/mol. The summed E-state index contributed by atoms with van der Waals surface area (Å²) in [6, 6.07) is 6.97. The zero-order chi connectivity index (χ0) is 50.9. The molecule has 8 aromatic carbocycles. The topological polar surface area (TPSA) is 14.8 Å². The van der Waals surface area contributed by atoms with Crippen molar-refractivity contribution in [3.8, 4) is 28.2 Å². The molecule has 0 bridgehead atoms. The van der Waals surface area contributed by atoms with E-state index in [2.05, 4.69) is 0 Å². The van der Waals surface area contributed by atoms with Crippen LogP contribution in [0, 0.1) is 0 Å². The first kappa shape index (κ1) is 15.0. The Kier molecular flexibility index (Phi) is 3.18. The highest BCUT2D eigenvalue weighted by atomic mass is 15.0. The lowest BCUT2D eigenvalue weighted by molar-refractivity contribution is 1.16. The Bertz CT molecular complexity index is 3910. The third-order valence-corrected chi connectivity index (χ3v) is 9.21. The zero-order valence-corrected chi connectivity index (χ0v) is 26.2. The van der Waals surface area contributed by atoms with Crippen molar-refractivity contribution in [3.05, 3.63) is 188 Å². The van der Waals surface area contributed by atoms with Crippen LogP contribution >= 0.6 is 0 Å². The summed E-state index contributed by atoms with van der Waals surface area (Å²) < 4.78 is 182. The van der Waals surface area contributed by atoms with Crippen molar-refractivity contribution in [3.63, 3.8) is 0 Å². The highest BCUT2D eigenvalue weighted by Gasteiger charge is 2.19. The first-order valence-electron chi connectivity index (χ1n) is 25.9. The van der Waals surface area contributed by atoms with Crippen LogP contribution in [-0.4, -0.2) is 13.7 Å². The van der Waals surface area contributed by atoms with Gasteiger partial charge >= 0.3 is 0 Å². The summed E-state index contributed by atoms with van der Waals surface area (Å²) in [5, 5.41) is -0.0501. The molecule has 0 saturated carbocycles. The van der Waals surface area contributed by atoms with E-state index in [0.29, 0.717) is 16.3 Å². The molecule has 3 heteroatoms. The Morgan fingerprint density at radius 2 is 0.745 bits per heavy atom. The lowest BCUT2D eigenvalue weighted by Gasteiger charge is -2.12. The van der Waals surface area contributed by atoms with E-state index in [4.69, 9.17) is 24.7 Å². The highest BCUT2D eigenvalue weighted by Crippen LogP contribution is 2.39. The minimum Gasteiger partial charge on any atom is -0.309 e. The summed E-state index contributed by atoms with van der Waals surface area (Å²) >= 11 is 0. The van der Waals surface area contributed by atoms with Crippen LogP contribution in [0.25, 0.3) is 93.6 Å². The largest absolute Gasteiger partial charge is 0.309 e. The van der Waals surface area contributed by atoms with Gasteiger partial charge in [0.05, 0.1) is 60.5 Å². The van der Waals surface area contributed by atoms with Crippen LogP contribution in [0.15, 0.2) is 188 Å². The van der Waals surface area contributed by atoms with E-state index >= 15 is 0 Å². The van der Waals surface area contributed by atoms with Crippen LogP contribution in [0.2, 0.25) is 0 Å². The van der Waals surface area contributed by atoms with Gasteiger partial charge in [-0.05, 0) is 83.8 Å². The predicted octanol–water partition coefficient (Wildman–Crippen LogP) is 12.6. The van der Waals surface area contributed by atoms with Gasteiger partial charge in [-0.3, -0.25) is 0 Å². The summed E-state index contributed by atoms with van der Waals surface area (Å²) in [6.07, 6.45) is 0. The minimum atomic E-state index is -0.629. The molecule has 0 amide bonds. The average Bonchev–Trinajstić information content (AvgIpc) is 4.02. The predicted molar refractivity (Wildman–Crippen MR) is 215 cm³/mol. The van der Waals surface area contributed by atoms with Crippen LogP contribution in [0.3, 0.4) is 0 Å². The molecule has 0 atom stereocenters. The maximum Gasteiger partial charge on any atom is 0.0651 e. The van der Waals surface area contributed by atoms with Gasteiger partial charge in [0.25, 0.3) is 0 Å². The van der Waals surface area contributed by atoms with Crippen molar-refractivity contribution < 1.29 is 27.4 Å². The van der Waals surface area contributed by atoms with Crippen LogP contribution in [0.4, 0.5) is 0 Å². The van der Waals surface area contributed by atoms with Crippen molar-refractivity contribution in [1.29, 1.82) is 0 Å². The lowest BCUT2D eigenvalue weighted by Crippen LogP contribution is -1.96. The number of aromatic nitrogens is 3. The second kappa shape index (κ2) is 10.8. The number of hydrogen-bond acceptors (Lipinski definition) is 0. The van der Waals surface area contributed by atoms with Crippen molar-refractivity contribution in [2.24, 2.45) is 0 Å². The molecular formula is C48H31N3. The molecule has 3 nitrogen and oxygen atoms in total. The summed E-state index contributed by atoms with van der Waals surface area (Å²) in [5.74, 6) is 0. The van der Waals surface area contributed by atoms with E-state index < -0.39 is 109 Å². The Hall–Kier alpha value is -6.84. The van der Waals surface area contributed by atoms with Gasteiger partial charge in [-0.2, -0.15) is 0 Å². The summed E-state index contributed by atoms with van der Waals surface area (Å²) in [5.41, 5.74) is 0.614. The van der Waals surface area contributed by atoms with Gasteiger partial charge < -0.3 is 13.7 Å². The molecule has 0 saturated heterocycles. The van der Waals surface area contributed by atoms with Crippen LogP contribution < -0.4 is 0 Å². The summed E-state index contributed by atoms with van der Waals surface area (Å²) in [4.78, 5) is 0. The van der Waals surface area contributed by atoms with Gasteiger partial charge in [0.1, 0.15) is 0 Å². The number of benzene rings is 8. The van der Waals surface area contributed by atoms with Crippen LogP contribution in [0.5, 0.6) is 0 Å². The maximum atomic E-state index is 9.65. The molecule has 3 aromatic heterocycles. The van der Waals surface area contributed by atoms with Crippen molar-refractivity contribution >= 4 is 65.4 Å². The van der Waals surface area contributed by atoms with E-state index in [1.54, 1.807) is 59.2 Å². The van der Waals surface area contributed by atoms with Gasteiger partial charge in [-0.1, -0.05) is 115 Å². The van der Waals surface area contributed by atoms with Gasteiger partial charge in [0, 0.05) is 49.4 Å². The first-order valence-corrected chi connectivity index (χ1v) is 15.9. The van der Waals surface area contributed by atoms with Gasteiger partial charge in [-0.25, -0.2) is 0 Å². The molecule has 0 spiro atoms. The van der Waals surface area contributed by atoms with Crippen LogP contribution in [-0.2, 0) is 0 Å². The Morgan fingerprint density at radius 1 is 0.314 bits per heavy atom. The monoisotopic (exact) mass is 669 g/mol. The molecule has 0 aliphatic rings. The molecular weight excluding hydrogens is 619 g/mol. The molecule has 11 rings (SSSR count). The third kappa shape index (κ3) is 4.12. The fourth-order valence-electron chi connectivity index (χ4n) is 7.07. The number of nitrogens with zero attached hydrogens (tertiary/aromatic N) is 3. The molecule has 0 fully saturated rings. The van der Waals surface area contributed by atoms with Crippen molar-refractivity contribution in [2.45, 2.75) is 0 Å². The van der Waals surface area contributed by atoms with Gasteiger partial charge in [-0.15, -0.1) is 0 Å². The second-order valence-electron chi connectivity index (χ2n) is 11.9. The Balaban J connectivity index is 1.34. The smallest absolute Gasteiger partial charge is 0.0651 e. The molecule has 0 N–H and O–H groups in total. The number of para-hydroxylation sites is 4. The van der Waals surface area contributed by atoms with Gasteiger partial charge in [0.15, 0.2) is 0 Å². The molecule has 0 aliphatic carbocycles. The fraction of sp³-hybridized carbons (Fsp3) is 0. The highest BCUT2D eigenvalue weighted by molar-refractivity contribution is 6.14. The summed E-state index contributed by atoms with van der Waals surface area (Å²) in [6.45, 7) is 0. The van der Waals surface area contributed by atoms with Crippen LogP contribution in [0.1, 0.15) is 27.4 Å². The van der Waals surface area contributed by atoms with E-state index in [-0.39, 0.29) is 89.4 Å². The second-order valence-corrected chi connectivity index (χ2v) is 11.9. The molecule has 238 valence electrons. The Morgan fingerprint density at radius 3 is 1.22 bits per heavy atom. The molecule has 11 aromatic rings. The number of rotatable bonds is 4. The molecule has 0 unspecified atom stereocenters. The normalized spacial score (nSPS) is 17.4. The summed E-state index contributed by atoms with van der Waals surface area (Å²) in [7, 11) is 0. The zero-order valence-electron chi connectivity index (χ0n) is 46.2. The first-order chi connectivity index (χ1) is 33.6. The van der Waals surface area contributed by atoms with E-state index in [0.717, 1.165) is 0 Å². The maximum absolute atomic E-state index is 9.65.